The molecule has 13 heteroatoms. The largest absolute Gasteiger partial charge is 0.481 e. The molecule has 3 amide bonds. The lowest BCUT2D eigenvalue weighted by Crippen LogP contribution is -2.55. The van der Waals surface area contributed by atoms with Crippen LogP contribution in [0, 0.1) is 0 Å². The third-order valence-electron chi connectivity index (χ3n) is 3.06. The van der Waals surface area contributed by atoms with Crippen LogP contribution in [0.2, 0.25) is 0 Å². The van der Waals surface area contributed by atoms with Gasteiger partial charge in [0.15, 0.2) is 0 Å². The number of aliphatic carboxylic acids is 2. The molecule has 3 atom stereocenters. The summed E-state index contributed by atoms with van der Waals surface area (Å²) in [6.07, 6.45) is -0.467. The number of amides is 3. The Bertz CT molecular complexity index is 540. The first-order valence-corrected chi connectivity index (χ1v) is 7.41. The molecule has 13 nitrogen and oxygen atoms in total. The molecular weight excluding hydrogens is 356 g/mol. The van der Waals surface area contributed by atoms with E-state index in [4.69, 9.17) is 26.2 Å². The van der Waals surface area contributed by atoms with Gasteiger partial charge in [0.05, 0.1) is 25.8 Å². The summed E-state index contributed by atoms with van der Waals surface area (Å²) in [5.74, 6) is -5.35. The number of nitrogens with two attached hydrogens (primary N) is 1. The molecule has 0 aliphatic heterocycles. The molecule has 0 aromatic heterocycles. The fourth-order valence-corrected chi connectivity index (χ4v) is 1.61. The summed E-state index contributed by atoms with van der Waals surface area (Å²) in [5, 5.41) is 41.2. The monoisotopic (exact) mass is 378 g/mol. The standard InChI is InChI=1S/C13H22N4O9/c14-6(1-2-10(21)22)11(23)15-3-9(20)16-7(4-18)12(24)17-8(5-19)13(25)26/h6-8,18-19H,1-5,14H2,(H,15,23)(H,16,20)(H,17,24)(H,21,22)(H,25,26). The van der Waals surface area contributed by atoms with Crippen molar-refractivity contribution in [2.75, 3.05) is 19.8 Å². The summed E-state index contributed by atoms with van der Waals surface area (Å²) in [4.78, 5) is 56.1. The third-order valence-corrected chi connectivity index (χ3v) is 3.06. The van der Waals surface area contributed by atoms with Crippen molar-refractivity contribution in [2.24, 2.45) is 5.73 Å². The van der Waals surface area contributed by atoms with Crippen molar-refractivity contribution in [1.82, 2.24) is 16.0 Å². The number of rotatable bonds is 12. The van der Waals surface area contributed by atoms with Crippen LogP contribution >= 0.6 is 0 Å². The van der Waals surface area contributed by atoms with Crippen LogP contribution in [0.15, 0.2) is 0 Å². The summed E-state index contributed by atoms with van der Waals surface area (Å²) in [7, 11) is 0. The number of carbonyl (C=O) groups excluding carboxylic acids is 3. The van der Waals surface area contributed by atoms with Gasteiger partial charge in [-0.2, -0.15) is 0 Å². The minimum Gasteiger partial charge on any atom is -0.481 e. The van der Waals surface area contributed by atoms with Crippen molar-refractivity contribution in [1.29, 1.82) is 0 Å². The van der Waals surface area contributed by atoms with Gasteiger partial charge in [-0.3, -0.25) is 19.2 Å². The van der Waals surface area contributed by atoms with E-state index >= 15 is 0 Å². The maximum atomic E-state index is 11.8. The lowest BCUT2D eigenvalue weighted by atomic mass is 10.1. The lowest BCUT2D eigenvalue weighted by molar-refractivity contribution is -0.143. The number of carbonyl (C=O) groups is 5. The maximum absolute atomic E-state index is 11.8. The van der Waals surface area contributed by atoms with E-state index in [-0.39, 0.29) is 12.8 Å². The normalized spacial score (nSPS) is 13.8. The van der Waals surface area contributed by atoms with Crippen LogP contribution in [-0.2, 0) is 24.0 Å². The van der Waals surface area contributed by atoms with E-state index in [9.17, 15) is 24.0 Å². The molecule has 0 saturated carbocycles. The minimum atomic E-state index is -1.61. The summed E-state index contributed by atoms with van der Waals surface area (Å²) in [6.45, 7) is -2.36. The van der Waals surface area contributed by atoms with Crippen molar-refractivity contribution in [3.63, 3.8) is 0 Å². The van der Waals surface area contributed by atoms with Gasteiger partial charge in [-0.25, -0.2) is 4.79 Å². The Morgan fingerprint density at radius 1 is 0.885 bits per heavy atom. The van der Waals surface area contributed by atoms with Crippen molar-refractivity contribution in [2.45, 2.75) is 31.0 Å². The van der Waals surface area contributed by atoms with E-state index in [2.05, 4.69) is 10.6 Å². The van der Waals surface area contributed by atoms with E-state index < -0.39 is 67.5 Å². The molecule has 0 aromatic rings. The number of aliphatic hydroxyl groups is 2. The van der Waals surface area contributed by atoms with Crippen LogP contribution in [0.3, 0.4) is 0 Å². The highest BCUT2D eigenvalue weighted by Gasteiger charge is 2.26. The number of hydrogen-bond donors (Lipinski definition) is 8. The highest BCUT2D eigenvalue weighted by atomic mass is 16.4. The Balaban J connectivity index is 4.45. The van der Waals surface area contributed by atoms with Crippen LogP contribution in [-0.4, -0.2) is 88.0 Å². The van der Waals surface area contributed by atoms with Crippen molar-refractivity contribution in [3.8, 4) is 0 Å². The lowest BCUT2D eigenvalue weighted by Gasteiger charge is -2.19. The molecule has 0 heterocycles. The number of aliphatic hydroxyl groups excluding tert-OH is 2. The van der Waals surface area contributed by atoms with Gasteiger partial charge in [0, 0.05) is 6.42 Å². The Hall–Kier alpha value is -2.77. The molecule has 0 fully saturated rings. The van der Waals surface area contributed by atoms with Crippen LogP contribution in [0.4, 0.5) is 0 Å². The quantitative estimate of drug-likeness (QED) is 0.162. The van der Waals surface area contributed by atoms with E-state index in [0.717, 1.165) is 0 Å². The Morgan fingerprint density at radius 2 is 1.46 bits per heavy atom. The van der Waals surface area contributed by atoms with E-state index in [1.54, 1.807) is 0 Å². The zero-order valence-electron chi connectivity index (χ0n) is 13.7. The van der Waals surface area contributed by atoms with Gasteiger partial charge in [-0.05, 0) is 6.42 Å². The molecule has 26 heavy (non-hydrogen) atoms. The molecule has 0 spiro atoms. The smallest absolute Gasteiger partial charge is 0.328 e. The zero-order chi connectivity index (χ0) is 20.3. The molecule has 0 saturated heterocycles. The average Bonchev–Trinajstić information content (AvgIpc) is 2.59. The second kappa shape index (κ2) is 11.7. The zero-order valence-corrected chi connectivity index (χ0v) is 13.7. The summed E-state index contributed by atoms with van der Waals surface area (Å²) in [5.41, 5.74) is 5.44. The molecule has 0 aliphatic carbocycles. The number of carboxylic acids is 2. The highest BCUT2D eigenvalue weighted by Crippen LogP contribution is 1.94. The van der Waals surface area contributed by atoms with Crippen molar-refractivity contribution < 1.29 is 44.4 Å². The summed E-state index contributed by atoms with van der Waals surface area (Å²) < 4.78 is 0. The number of nitrogens with one attached hydrogen (secondary N) is 3. The molecule has 3 unspecified atom stereocenters. The van der Waals surface area contributed by atoms with Gasteiger partial charge in [-0.1, -0.05) is 0 Å². The second-order valence-corrected chi connectivity index (χ2v) is 5.14. The van der Waals surface area contributed by atoms with Crippen LogP contribution in [0.1, 0.15) is 12.8 Å². The van der Waals surface area contributed by atoms with Gasteiger partial charge in [0.25, 0.3) is 0 Å². The molecule has 148 valence electrons. The van der Waals surface area contributed by atoms with Crippen LogP contribution in [0.5, 0.6) is 0 Å². The highest BCUT2D eigenvalue weighted by molar-refractivity contribution is 5.92. The second-order valence-electron chi connectivity index (χ2n) is 5.14. The first-order valence-electron chi connectivity index (χ1n) is 7.41. The van der Waals surface area contributed by atoms with Crippen molar-refractivity contribution in [3.05, 3.63) is 0 Å². The summed E-state index contributed by atoms with van der Waals surface area (Å²) >= 11 is 0. The molecule has 9 N–H and O–H groups in total. The van der Waals surface area contributed by atoms with Gasteiger partial charge in [0.1, 0.15) is 12.1 Å². The van der Waals surface area contributed by atoms with Gasteiger partial charge < -0.3 is 42.1 Å². The Morgan fingerprint density at radius 3 is 1.92 bits per heavy atom. The molecule has 0 aliphatic rings. The molecule has 0 radical (unpaired) electrons. The van der Waals surface area contributed by atoms with E-state index in [1.807, 2.05) is 5.32 Å². The van der Waals surface area contributed by atoms with Gasteiger partial charge >= 0.3 is 11.9 Å². The number of hydrogen-bond acceptors (Lipinski definition) is 8. The minimum absolute atomic E-state index is 0.137. The predicted molar refractivity (Wildman–Crippen MR) is 83.5 cm³/mol. The number of carboxylic acid groups (broad SMARTS) is 2. The maximum Gasteiger partial charge on any atom is 0.328 e. The molecule has 0 rings (SSSR count). The van der Waals surface area contributed by atoms with E-state index in [1.165, 1.54) is 0 Å². The molecule has 0 bridgehead atoms. The third kappa shape index (κ3) is 8.91. The summed E-state index contributed by atoms with van der Waals surface area (Å²) in [6, 6.07) is -4.26. The van der Waals surface area contributed by atoms with Crippen LogP contribution in [0.25, 0.3) is 0 Å². The predicted octanol–water partition coefficient (Wildman–Crippen LogP) is -4.67. The van der Waals surface area contributed by atoms with Crippen molar-refractivity contribution >= 4 is 29.7 Å². The van der Waals surface area contributed by atoms with Crippen LogP contribution < -0.4 is 21.7 Å². The fourth-order valence-electron chi connectivity index (χ4n) is 1.61. The molecule has 0 aromatic carbocycles. The first kappa shape index (κ1) is 23.2. The topological polar surface area (TPSA) is 228 Å². The fraction of sp³-hybridized carbons (Fsp3) is 0.615. The van der Waals surface area contributed by atoms with Gasteiger partial charge in [-0.15, -0.1) is 0 Å². The Kier molecular flexibility index (Phi) is 10.5. The Labute approximate surface area is 147 Å². The molecular formula is C13H22N4O9. The average molecular weight is 378 g/mol. The SMILES string of the molecule is NC(CCC(=O)O)C(=O)NCC(=O)NC(CO)C(=O)NC(CO)C(=O)O. The van der Waals surface area contributed by atoms with E-state index in [0.29, 0.717) is 0 Å². The first-order chi connectivity index (χ1) is 12.1. The van der Waals surface area contributed by atoms with Gasteiger partial charge in [0.2, 0.25) is 17.7 Å².